The van der Waals surface area contributed by atoms with Gasteiger partial charge in [-0.2, -0.15) is 0 Å². The summed E-state index contributed by atoms with van der Waals surface area (Å²) in [4.78, 5) is 7.91. The van der Waals surface area contributed by atoms with Crippen LogP contribution in [0, 0.1) is 0 Å². The number of anilines is 1. The Bertz CT molecular complexity index is 789. The summed E-state index contributed by atoms with van der Waals surface area (Å²) in [5.41, 5.74) is 6.67. The normalized spacial score (nSPS) is 16.6. The largest absolute Gasteiger partial charge is 0.361 e. The number of H-pyrrole nitrogens is 1. The van der Waals surface area contributed by atoms with Crippen molar-refractivity contribution in [1.82, 2.24) is 10.4 Å². The Morgan fingerprint density at radius 3 is 2.81 bits per heavy atom. The van der Waals surface area contributed by atoms with Crippen molar-refractivity contribution < 1.29 is 0 Å². The number of rotatable bonds is 2. The van der Waals surface area contributed by atoms with Crippen LogP contribution in [0.3, 0.4) is 0 Å². The second-order valence-electron chi connectivity index (χ2n) is 5.16. The number of fused-ring (bicyclic) bond motifs is 1. The predicted molar refractivity (Wildman–Crippen MR) is 86.9 cm³/mol. The first-order valence-corrected chi connectivity index (χ1v) is 7.12. The van der Waals surface area contributed by atoms with E-state index in [1.165, 1.54) is 11.1 Å². The van der Waals surface area contributed by atoms with Gasteiger partial charge in [0.2, 0.25) is 0 Å². The second kappa shape index (κ2) is 4.98. The molecule has 1 aliphatic rings. The Morgan fingerprint density at radius 1 is 1.00 bits per heavy atom. The lowest BCUT2D eigenvalue weighted by Gasteiger charge is -2.17. The van der Waals surface area contributed by atoms with E-state index in [4.69, 9.17) is 4.99 Å². The molecule has 104 valence electrons. The summed E-state index contributed by atoms with van der Waals surface area (Å²) >= 11 is 0. The molecule has 0 saturated carbocycles. The maximum atomic E-state index is 4.71. The minimum atomic E-state index is 0.931. The van der Waals surface area contributed by atoms with Crippen LogP contribution in [0.5, 0.6) is 0 Å². The van der Waals surface area contributed by atoms with Crippen LogP contribution in [0.15, 0.2) is 65.8 Å². The molecule has 1 saturated heterocycles. The molecule has 0 spiro atoms. The topological polar surface area (TPSA) is 43.4 Å². The SMILES string of the molecule is c1ccc(N2CCC(=Nc3ccc4[nH]ccc4c3)N2)cc1. The van der Waals surface area contributed by atoms with Crippen LogP contribution in [0.4, 0.5) is 11.4 Å². The second-order valence-corrected chi connectivity index (χ2v) is 5.16. The molecule has 0 bridgehead atoms. The van der Waals surface area contributed by atoms with Gasteiger partial charge in [-0.3, -0.25) is 10.4 Å². The van der Waals surface area contributed by atoms with Gasteiger partial charge in [0.05, 0.1) is 11.4 Å². The van der Waals surface area contributed by atoms with Crippen molar-refractivity contribution in [3.05, 3.63) is 60.8 Å². The minimum Gasteiger partial charge on any atom is -0.361 e. The van der Waals surface area contributed by atoms with Gasteiger partial charge in [0.25, 0.3) is 0 Å². The van der Waals surface area contributed by atoms with Gasteiger partial charge >= 0.3 is 0 Å². The molecule has 0 radical (unpaired) electrons. The number of hydrazine groups is 1. The van der Waals surface area contributed by atoms with Gasteiger partial charge < -0.3 is 4.98 Å². The fraction of sp³-hybridized carbons (Fsp3) is 0.118. The maximum absolute atomic E-state index is 4.71. The monoisotopic (exact) mass is 276 g/mol. The summed E-state index contributed by atoms with van der Waals surface area (Å²) in [5, 5.41) is 3.32. The number of para-hydroxylation sites is 1. The van der Waals surface area contributed by atoms with Crippen LogP contribution in [-0.2, 0) is 0 Å². The lowest BCUT2D eigenvalue weighted by molar-refractivity contribution is 0.858. The fourth-order valence-electron chi connectivity index (χ4n) is 2.63. The van der Waals surface area contributed by atoms with E-state index in [1.54, 1.807) is 0 Å². The molecule has 2 aromatic carbocycles. The van der Waals surface area contributed by atoms with E-state index in [2.05, 4.69) is 45.8 Å². The Kier molecular flexibility index (Phi) is 2.85. The van der Waals surface area contributed by atoms with E-state index in [-0.39, 0.29) is 0 Å². The van der Waals surface area contributed by atoms with E-state index >= 15 is 0 Å². The van der Waals surface area contributed by atoms with E-state index < -0.39 is 0 Å². The average Bonchev–Trinajstić information content (AvgIpc) is 3.17. The van der Waals surface area contributed by atoms with Crippen molar-refractivity contribution in [2.45, 2.75) is 6.42 Å². The number of benzene rings is 2. The summed E-state index contributed by atoms with van der Waals surface area (Å²) in [6.07, 6.45) is 2.88. The van der Waals surface area contributed by atoms with E-state index in [0.717, 1.165) is 30.0 Å². The number of nitrogens with one attached hydrogen (secondary N) is 2. The van der Waals surface area contributed by atoms with Crippen molar-refractivity contribution in [3.63, 3.8) is 0 Å². The first kappa shape index (κ1) is 12.0. The van der Waals surface area contributed by atoms with Crippen molar-refractivity contribution >= 4 is 28.1 Å². The Balaban J connectivity index is 1.57. The zero-order valence-electron chi connectivity index (χ0n) is 11.6. The van der Waals surface area contributed by atoms with Crippen LogP contribution in [0.25, 0.3) is 10.9 Å². The molecular formula is C17H16N4. The quantitative estimate of drug-likeness (QED) is 0.751. The van der Waals surface area contributed by atoms with E-state index in [1.807, 2.05) is 30.5 Å². The van der Waals surface area contributed by atoms with Crippen LogP contribution in [0.2, 0.25) is 0 Å². The molecule has 2 heterocycles. The maximum Gasteiger partial charge on any atom is 0.123 e. The summed E-state index contributed by atoms with van der Waals surface area (Å²) in [7, 11) is 0. The van der Waals surface area contributed by atoms with Gasteiger partial charge in [0.1, 0.15) is 5.84 Å². The molecule has 0 atom stereocenters. The summed E-state index contributed by atoms with van der Waals surface area (Å²) in [6, 6.07) is 18.6. The van der Waals surface area contributed by atoms with Crippen molar-refractivity contribution in [3.8, 4) is 0 Å². The molecule has 3 aromatic rings. The van der Waals surface area contributed by atoms with Crippen molar-refractivity contribution in [2.75, 3.05) is 11.6 Å². The van der Waals surface area contributed by atoms with Gasteiger partial charge in [-0.25, -0.2) is 4.99 Å². The van der Waals surface area contributed by atoms with E-state index in [0.29, 0.717) is 0 Å². The summed E-state index contributed by atoms with van der Waals surface area (Å²) in [6.45, 7) is 0.940. The molecule has 0 aliphatic carbocycles. The average molecular weight is 276 g/mol. The minimum absolute atomic E-state index is 0.931. The zero-order valence-corrected chi connectivity index (χ0v) is 11.6. The molecule has 1 aliphatic heterocycles. The van der Waals surface area contributed by atoms with Gasteiger partial charge in [-0.05, 0) is 36.4 Å². The molecule has 2 N–H and O–H groups in total. The van der Waals surface area contributed by atoms with Crippen LogP contribution in [0.1, 0.15) is 6.42 Å². The first-order chi connectivity index (χ1) is 10.4. The fourth-order valence-corrected chi connectivity index (χ4v) is 2.63. The van der Waals surface area contributed by atoms with Gasteiger partial charge in [-0.15, -0.1) is 0 Å². The van der Waals surface area contributed by atoms with Gasteiger partial charge in [-0.1, -0.05) is 18.2 Å². The number of hydrogen-bond acceptors (Lipinski definition) is 2. The van der Waals surface area contributed by atoms with Crippen LogP contribution < -0.4 is 10.4 Å². The summed E-state index contributed by atoms with van der Waals surface area (Å²) < 4.78 is 0. The molecule has 4 rings (SSSR count). The third-order valence-corrected chi connectivity index (χ3v) is 3.71. The molecule has 0 amide bonds. The molecule has 1 aromatic heterocycles. The molecular weight excluding hydrogens is 260 g/mol. The predicted octanol–water partition coefficient (Wildman–Crippen LogP) is 3.61. The lowest BCUT2D eigenvalue weighted by atomic mass is 10.2. The first-order valence-electron chi connectivity index (χ1n) is 7.12. The highest BCUT2D eigenvalue weighted by Gasteiger charge is 2.17. The van der Waals surface area contributed by atoms with Gasteiger partial charge in [0.15, 0.2) is 0 Å². The highest BCUT2D eigenvalue weighted by molar-refractivity contribution is 5.90. The third kappa shape index (κ3) is 2.36. The van der Waals surface area contributed by atoms with Gasteiger partial charge in [0, 0.05) is 30.1 Å². The molecule has 4 heteroatoms. The van der Waals surface area contributed by atoms with Crippen molar-refractivity contribution in [2.24, 2.45) is 4.99 Å². The summed E-state index contributed by atoms with van der Waals surface area (Å²) in [5.74, 6) is 1.01. The number of amidine groups is 1. The number of aromatic amines is 1. The van der Waals surface area contributed by atoms with Crippen LogP contribution >= 0.6 is 0 Å². The smallest absolute Gasteiger partial charge is 0.123 e. The standard InChI is InChI=1S/C17H16N4/c1-2-4-15(5-3-1)21-11-9-17(20-21)19-14-6-7-16-13(12-14)8-10-18-16/h1-8,10,12,18H,9,11H2,(H,19,20). The Labute approximate surface area is 123 Å². The number of nitrogens with zero attached hydrogens (tertiary/aromatic N) is 2. The Morgan fingerprint density at radius 2 is 1.90 bits per heavy atom. The lowest BCUT2D eigenvalue weighted by Crippen LogP contribution is -2.32. The number of aliphatic imine (C=N–C) groups is 1. The third-order valence-electron chi connectivity index (χ3n) is 3.71. The molecule has 4 nitrogen and oxygen atoms in total. The number of hydrogen-bond donors (Lipinski definition) is 2. The van der Waals surface area contributed by atoms with Crippen molar-refractivity contribution in [1.29, 1.82) is 0 Å². The van der Waals surface area contributed by atoms with E-state index in [9.17, 15) is 0 Å². The van der Waals surface area contributed by atoms with Crippen LogP contribution in [-0.4, -0.2) is 17.4 Å². The number of aromatic nitrogens is 1. The highest BCUT2D eigenvalue weighted by atomic mass is 15.5. The Hall–Kier alpha value is -2.75. The highest BCUT2D eigenvalue weighted by Crippen LogP contribution is 2.22. The molecule has 21 heavy (non-hydrogen) atoms. The molecule has 1 fully saturated rings. The molecule has 0 unspecified atom stereocenters. The zero-order chi connectivity index (χ0) is 14.1.